The number of aliphatic hydroxyl groups excluding tert-OH is 1. The molecule has 0 aliphatic heterocycles. The van der Waals surface area contributed by atoms with E-state index in [1.165, 1.54) is 24.6 Å². The van der Waals surface area contributed by atoms with Crippen LogP contribution in [0.15, 0.2) is 64.6 Å². The second-order valence-corrected chi connectivity index (χ2v) is 12.2. The summed E-state index contributed by atoms with van der Waals surface area (Å²) in [6, 6.07) is 6.53. The molecule has 0 bridgehead atoms. The highest BCUT2D eigenvalue weighted by Gasteiger charge is 2.52. The molecule has 36 heavy (non-hydrogen) atoms. The second kappa shape index (κ2) is 11.9. The lowest BCUT2D eigenvalue weighted by Crippen LogP contribution is -2.38. The third-order valence-corrected chi connectivity index (χ3v) is 8.87. The molecule has 2 aliphatic rings. The summed E-state index contributed by atoms with van der Waals surface area (Å²) in [7, 11) is -3.99. The van der Waals surface area contributed by atoms with Crippen molar-refractivity contribution in [1.82, 2.24) is 0 Å². The van der Waals surface area contributed by atoms with Crippen LogP contribution in [0, 0.1) is 36.5 Å². The fraction of sp³-hybridized carbons (Fsp3) is 0.552. The molecule has 0 saturated heterocycles. The highest BCUT2D eigenvalue weighted by Crippen LogP contribution is 2.51. The van der Waals surface area contributed by atoms with E-state index in [2.05, 4.69) is 39.8 Å². The van der Waals surface area contributed by atoms with E-state index in [0.717, 1.165) is 17.6 Å². The van der Waals surface area contributed by atoms with Crippen LogP contribution in [0.25, 0.3) is 0 Å². The molecule has 0 radical (unpaired) electrons. The lowest BCUT2D eigenvalue weighted by Gasteiger charge is -2.35. The van der Waals surface area contributed by atoms with Gasteiger partial charge in [0.25, 0.3) is 10.1 Å². The van der Waals surface area contributed by atoms with Crippen molar-refractivity contribution in [3.63, 3.8) is 0 Å². The molecule has 0 amide bonds. The Bertz CT molecular complexity index is 1100. The number of hydrogen-bond acceptors (Lipinski definition) is 6. The largest absolute Gasteiger partial charge is 0.462 e. The first-order chi connectivity index (χ1) is 16.9. The van der Waals surface area contributed by atoms with Gasteiger partial charge in [-0.15, -0.1) is 0 Å². The third-order valence-electron chi connectivity index (χ3n) is 7.57. The molecule has 1 aromatic rings. The van der Waals surface area contributed by atoms with Crippen molar-refractivity contribution >= 4 is 16.1 Å². The van der Waals surface area contributed by atoms with Gasteiger partial charge in [-0.25, -0.2) is 0 Å². The molecule has 7 atom stereocenters. The van der Waals surface area contributed by atoms with Crippen molar-refractivity contribution in [1.29, 1.82) is 0 Å². The summed E-state index contributed by atoms with van der Waals surface area (Å²) in [6.07, 6.45) is 8.36. The Morgan fingerprint density at radius 2 is 1.72 bits per heavy atom. The van der Waals surface area contributed by atoms with Crippen LogP contribution in [0.4, 0.5) is 0 Å². The molecule has 1 aromatic carbocycles. The minimum Gasteiger partial charge on any atom is -0.462 e. The molecule has 0 aromatic heterocycles. The molecule has 3 rings (SSSR count). The number of carbonyl (C=O) groups excluding carboxylic acids is 1. The molecule has 7 heteroatoms. The summed E-state index contributed by atoms with van der Waals surface area (Å²) in [5.41, 5.74) is 3.34. The molecule has 0 unspecified atom stereocenters. The van der Waals surface area contributed by atoms with Gasteiger partial charge < -0.3 is 9.84 Å². The number of rotatable bonds is 9. The van der Waals surface area contributed by atoms with E-state index in [1.54, 1.807) is 12.1 Å². The summed E-state index contributed by atoms with van der Waals surface area (Å²) >= 11 is 0. The van der Waals surface area contributed by atoms with Crippen LogP contribution in [0.3, 0.4) is 0 Å². The Hall–Kier alpha value is -2.22. The average Bonchev–Trinajstić information content (AvgIpc) is 3.30. The van der Waals surface area contributed by atoms with Crippen molar-refractivity contribution < 1.29 is 27.2 Å². The normalized spacial score (nSPS) is 30.4. The van der Waals surface area contributed by atoms with Crippen LogP contribution in [0.5, 0.6) is 0 Å². The number of allylic oxidation sites excluding steroid dienone is 5. The van der Waals surface area contributed by atoms with Gasteiger partial charge in [0.05, 0.1) is 17.6 Å². The van der Waals surface area contributed by atoms with Crippen LogP contribution in [0.2, 0.25) is 0 Å². The maximum atomic E-state index is 13.0. The number of esters is 1. The fourth-order valence-corrected chi connectivity index (χ4v) is 6.69. The first-order valence-corrected chi connectivity index (χ1v) is 14.1. The molecule has 2 aliphatic carbocycles. The number of hydrogen-bond donors (Lipinski definition) is 1. The van der Waals surface area contributed by atoms with Crippen molar-refractivity contribution in [2.75, 3.05) is 6.61 Å². The van der Waals surface area contributed by atoms with Gasteiger partial charge in [0.2, 0.25) is 0 Å². The van der Waals surface area contributed by atoms with Crippen molar-refractivity contribution in [2.45, 2.75) is 71.5 Å². The van der Waals surface area contributed by atoms with Crippen molar-refractivity contribution in [2.24, 2.45) is 29.6 Å². The summed E-state index contributed by atoms with van der Waals surface area (Å²) in [5, 5.41) is 10.9. The van der Waals surface area contributed by atoms with Crippen LogP contribution >= 0.6 is 0 Å². The third kappa shape index (κ3) is 6.75. The van der Waals surface area contributed by atoms with E-state index in [-0.39, 0.29) is 41.1 Å². The molecule has 1 N–H and O–H groups in total. The first-order valence-electron chi connectivity index (χ1n) is 12.7. The maximum absolute atomic E-state index is 13.0. The Kier molecular flexibility index (Phi) is 9.36. The van der Waals surface area contributed by atoms with Crippen molar-refractivity contribution in [3.8, 4) is 0 Å². The number of carbonyl (C=O) groups is 1. The zero-order valence-corrected chi connectivity index (χ0v) is 23.0. The predicted molar refractivity (Wildman–Crippen MR) is 141 cm³/mol. The highest BCUT2D eigenvalue weighted by atomic mass is 32.2. The number of ether oxygens (including phenoxy) is 1. The second-order valence-electron chi connectivity index (χ2n) is 10.6. The van der Waals surface area contributed by atoms with E-state index in [0.29, 0.717) is 6.42 Å². The molecule has 0 spiro atoms. The van der Waals surface area contributed by atoms with Gasteiger partial charge in [-0.05, 0) is 76.3 Å². The summed E-state index contributed by atoms with van der Waals surface area (Å²) < 4.78 is 37.3. The SMILES string of the molecule is CC(=O)O[C@@H]1C[C@@H](/C(C)=C\CC=C(C)C)[C@@H]([C@@H]2[C@H](C)C=C[C@H]2O)[C@@H]1COS(=O)(=O)c1ccc(C)cc1. The van der Waals surface area contributed by atoms with E-state index in [4.69, 9.17) is 8.92 Å². The fourth-order valence-electron chi connectivity index (χ4n) is 5.75. The molecule has 6 nitrogen and oxygen atoms in total. The van der Waals surface area contributed by atoms with E-state index in [9.17, 15) is 18.3 Å². The Balaban J connectivity index is 1.95. The average molecular weight is 517 g/mol. The van der Waals surface area contributed by atoms with Gasteiger partial charge in [-0.1, -0.05) is 60.1 Å². The lowest BCUT2D eigenvalue weighted by molar-refractivity contribution is -0.149. The summed E-state index contributed by atoms with van der Waals surface area (Å²) in [4.78, 5) is 12.1. The van der Waals surface area contributed by atoms with E-state index in [1.807, 2.05) is 19.1 Å². The number of aliphatic hydroxyl groups is 1. The topological polar surface area (TPSA) is 89.9 Å². The van der Waals surface area contributed by atoms with Crippen LogP contribution in [-0.4, -0.2) is 38.3 Å². The van der Waals surface area contributed by atoms with Crippen molar-refractivity contribution in [3.05, 3.63) is 65.3 Å². The Morgan fingerprint density at radius 3 is 2.28 bits per heavy atom. The molecule has 198 valence electrons. The van der Waals surface area contributed by atoms with Gasteiger partial charge in [0.1, 0.15) is 6.10 Å². The highest BCUT2D eigenvalue weighted by molar-refractivity contribution is 7.86. The molecule has 1 fully saturated rings. The minimum absolute atomic E-state index is 0.0255. The van der Waals surface area contributed by atoms with E-state index >= 15 is 0 Å². The zero-order valence-electron chi connectivity index (χ0n) is 22.2. The quantitative estimate of drug-likeness (QED) is 0.270. The predicted octanol–water partition coefficient (Wildman–Crippen LogP) is 5.37. The molecule has 1 saturated carbocycles. The van der Waals surface area contributed by atoms with Crippen LogP contribution in [-0.2, 0) is 23.8 Å². The zero-order chi connectivity index (χ0) is 26.6. The van der Waals surface area contributed by atoms with Gasteiger partial charge in [0.15, 0.2) is 0 Å². The number of aryl methyl sites for hydroxylation is 1. The minimum atomic E-state index is -3.99. The molecular weight excluding hydrogens is 476 g/mol. The van der Waals surface area contributed by atoms with Gasteiger partial charge in [-0.2, -0.15) is 8.42 Å². The number of benzene rings is 1. The van der Waals surface area contributed by atoms with E-state index < -0.39 is 28.3 Å². The van der Waals surface area contributed by atoms with Gasteiger partial charge >= 0.3 is 5.97 Å². The van der Waals surface area contributed by atoms with Gasteiger partial charge in [-0.3, -0.25) is 8.98 Å². The molecule has 0 heterocycles. The maximum Gasteiger partial charge on any atom is 0.302 e. The monoisotopic (exact) mass is 516 g/mol. The van der Waals surface area contributed by atoms with Gasteiger partial charge in [0, 0.05) is 12.8 Å². The summed E-state index contributed by atoms with van der Waals surface area (Å²) in [5.74, 6) is -0.908. The first kappa shape index (κ1) is 28.4. The van der Waals surface area contributed by atoms with Crippen LogP contribution < -0.4 is 0 Å². The Labute approximate surface area is 216 Å². The molecular formula is C29H40O6S. The lowest BCUT2D eigenvalue weighted by atomic mass is 9.71. The summed E-state index contributed by atoms with van der Waals surface area (Å²) in [6.45, 7) is 11.4. The smallest absolute Gasteiger partial charge is 0.302 e. The standard InChI is InChI=1S/C29H40O6S/c1-18(2)8-7-9-20(4)24-16-27(35-22(6)30)25(29(24)28-21(5)12-15-26(28)31)17-34-36(32,33)23-13-10-19(3)11-14-23/h8-15,21,24-29,31H,7,16-17H2,1-6H3/b20-9-/t21-,24+,25-,26-,27-,28-,29-/m1/s1. The van der Waals surface area contributed by atoms with Crippen LogP contribution in [0.1, 0.15) is 53.0 Å². The Morgan fingerprint density at radius 1 is 1.06 bits per heavy atom.